The van der Waals surface area contributed by atoms with E-state index in [2.05, 4.69) is 6.92 Å². The third-order valence-corrected chi connectivity index (χ3v) is 4.08. The molecule has 3 nitrogen and oxygen atoms in total. The van der Waals surface area contributed by atoms with Gasteiger partial charge in [0.25, 0.3) is 0 Å². The SMILES string of the molecule is CCCCCC[C@@H]1CCCCC2OC(=O)CC2O1. The molecule has 2 rings (SSSR count). The lowest BCUT2D eigenvalue weighted by molar-refractivity contribution is -0.142. The molecule has 18 heavy (non-hydrogen) atoms. The molecule has 0 amide bonds. The van der Waals surface area contributed by atoms with E-state index in [1.54, 1.807) is 0 Å². The second-order valence-corrected chi connectivity index (χ2v) is 5.66. The van der Waals surface area contributed by atoms with Crippen LogP contribution in [0.2, 0.25) is 0 Å². The summed E-state index contributed by atoms with van der Waals surface area (Å²) < 4.78 is 11.4. The average molecular weight is 254 g/mol. The molecule has 0 bridgehead atoms. The van der Waals surface area contributed by atoms with Crippen molar-refractivity contribution < 1.29 is 14.3 Å². The molecular weight excluding hydrogens is 228 g/mol. The van der Waals surface area contributed by atoms with Crippen molar-refractivity contribution in [3.8, 4) is 0 Å². The topological polar surface area (TPSA) is 35.5 Å². The van der Waals surface area contributed by atoms with E-state index < -0.39 is 0 Å². The highest BCUT2D eigenvalue weighted by Crippen LogP contribution is 2.29. The molecule has 0 spiro atoms. The number of esters is 1. The Hall–Kier alpha value is -0.570. The van der Waals surface area contributed by atoms with E-state index in [0.717, 1.165) is 19.3 Å². The number of carbonyl (C=O) groups excluding carboxylic acids is 1. The number of unbranched alkanes of at least 4 members (excludes halogenated alkanes) is 3. The largest absolute Gasteiger partial charge is 0.460 e. The van der Waals surface area contributed by atoms with Gasteiger partial charge in [-0.1, -0.05) is 39.0 Å². The first-order valence-electron chi connectivity index (χ1n) is 7.64. The number of ether oxygens (including phenoxy) is 2. The number of hydrogen-bond acceptors (Lipinski definition) is 3. The van der Waals surface area contributed by atoms with E-state index >= 15 is 0 Å². The van der Waals surface area contributed by atoms with Crippen LogP contribution in [0.5, 0.6) is 0 Å². The average Bonchev–Trinajstić information content (AvgIpc) is 2.66. The molecule has 2 unspecified atom stereocenters. The van der Waals surface area contributed by atoms with E-state index in [4.69, 9.17) is 9.47 Å². The Morgan fingerprint density at radius 1 is 1.11 bits per heavy atom. The summed E-state index contributed by atoms with van der Waals surface area (Å²) in [6.45, 7) is 2.23. The van der Waals surface area contributed by atoms with Crippen LogP contribution in [0, 0.1) is 0 Å². The van der Waals surface area contributed by atoms with Crippen molar-refractivity contribution in [1.82, 2.24) is 0 Å². The van der Waals surface area contributed by atoms with Gasteiger partial charge in [0.1, 0.15) is 12.2 Å². The third-order valence-electron chi connectivity index (χ3n) is 4.08. The Kier molecular flexibility index (Phi) is 5.48. The molecule has 2 fully saturated rings. The smallest absolute Gasteiger partial charge is 0.308 e. The minimum atomic E-state index is -0.0726. The Balaban J connectivity index is 1.78. The van der Waals surface area contributed by atoms with Crippen molar-refractivity contribution in [2.24, 2.45) is 0 Å². The molecule has 2 heterocycles. The summed E-state index contributed by atoms with van der Waals surface area (Å²) in [5.74, 6) is -0.0726. The Morgan fingerprint density at radius 2 is 1.94 bits per heavy atom. The lowest BCUT2D eigenvalue weighted by atomic mass is 9.98. The molecule has 0 aromatic rings. The Bertz CT molecular complexity index is 264. The maximum absolute atomic E-state index is 11.3. The lowest BCUT2D eigenvalue weighted by Gasteiger charge is -2.27. The van der Waals surface area contributed by atoms with Gasteiger partial charge >= 0.3 is 5.97 Å². The third kappa shape index (κ3) is 3.98. The summed E-state index contributed by atoms with van der Waals surface area (Å²) >= 11 is 0. The highest BCUT2D eigenvalue weighted by molar-refractivity contribution is 5.72. The molecule has 0 radical (unpaired) electrons. The van der Waals surface area contributed by atoms with Crippen LogP contribution in [0.25, 0.3) is 0 Å². The van der Waals surface area contributed by atoms with Crippen molar-refractivity contribution in [2.75, 3.05) is 0 Å². The highest BCUT2D eigenvalue weighted by atomic mass is 16.6. The van der Waals surface area contributed by atoms with Crippen LogP contribution in [0.3, 0.4) is 0 Å². The van der Waals surface area contributed by atoms with E-state index in [9.17, 15) is 4.79 Å². The normalized spacial score (nSPS) is 32.5. The van der Waals surface area contributed by atoms with Crippen LogP contribution < -0.4 is 0 Å². The molecule has 2 saturated heterocycles. The van der Waals surface area contributed by atoms with Gasteiger partial charge in [-0.05, 0) is 25.7 Å². The van der Waals surface area contributed by atoms with Crippen LogP contribution in [0.4, 0.5) is 0 Å². The first kappa shape index (κ1) is 13.9. The summed E-state index contributed by atoms with van der Waals surface area (Å²) in [4.78, 5) is 11.3. The quantitative estimate of drug-likeness (QED) is 0.555. The minimum absolute atomic E-state index is 0.0361. The van der Waals surface area contributed by atoms with Gasteiger partial charge in [0.05, 0.1) is 12.5 Å². The summed E-state index contributed by atoms with van der Waals surface area (Å²) in [7, 11) is 0. The van der Waals surface area contributed by atoms with Gasteiger partial charge in [0.2, 0.25) is 0 Å². The van der Waals surface area contributed by atoms with E-state index in [-0.39, 0.29) is 18.2 Å². The zero-order valence-corrected chi connectivity index (χ0v) is 11.5. The molecule has 104 valence electrons. The molecule has 2 aliphatic heterocycles. The standard InChI is InChI=1S/C15H26O3/c1-2-3-4-5-8-12-9-6-7-10-13-14(17-12)11-15(16)18-13/h12-14H,2-11H2,1H3/t12-,13?,14?/m1/s1. The van der Waals surface area contributed by atoms with Gasteiger partial charge < -0.3 is 9.47 Å². The van der Waals surface area contributed by atoms with Crippen molar-refractivity contribution in [2.45, 2.75) is 89.4 Å². The number of rotatable bonds is 5. The van der Waals surface area contributed by atoms with Gasteiger partial charge in [-0.3, -0.25) is 4.79 Å². The molecule has 0 aromatic carbocycles. The molecule has 3 heteroatoms. The van der Waals surface area contributed by atoms with E-state index in [1.165, 1.54) is 38.5 Å². The molecule has 0 saturated carbocycles. The zero-order chi connectivity index (χ0) is 12.8. The van der Waals surface area contributed by atoms with Gasteiger partial charge in [-0.25, -0.2) is 0 Å². The van der Waals surface area contributed by atoms with Crippen LogP contribution in [0.1, 0.15) is 71.1 Å². The first-order chi connectivity index (χ1) is 8.79. The fraction of sp³-hybridized carbons (Fsp3) is 0.933. The maximum Gasteiger partial charge on any atom is 0.308 e. The maximum atomic E-state index is 11.3. The highest BCUT2D eigenvalue weighted by Gasteiger charge is 2.37. The molecule has 0 aromatic heterocycles. The van der Waals surface area contributed by atoms with Crippen LogP contribution in [-0.2, 0) is 14.3 Å². The van der Waals surface area contributed by atoms with E-state index in [0.29, 0.717) is 12.5 Å². The Morgan fingerprint density at radius 3 is 2.78 bits per heavy atom. The molecule has 0 N–H and O–H groups in total. The summed E-state index contributed by atoms with van der Waals surface area (Å²) in [5, 5.41) is 0. The Labute approximate surface area is 110 Å². The van der Waals surface area contributed by atoms with Gasteiger partial charge in [-0.2, -0.15) is 0 Å². The van der Waals surface area contributed by atoms with Gasteiger partial charge in [-0.15, -0.1) is 0 Å². The molecule has 0 aliphatic carbocycles. The summed E-state index contributed by atoms with van der Waals surface area (Å²) in [6.07, 6.45) is 11.7. The molecular formula is C15H26O3. The molecule has 3 atom stereocenters. The van der Waals surface area contributed by atoms with Crippen molar-refractivity contribution in [1.29, 1.82) is 0 Å². The van der Waals surface area contributed by atoms with Crippen LogP contribution in [-0.4, -0.2) is 24.3 Å². The zero-order valence-electron chi connectivity index (χ0n) is 11.5. The van der Waals surface area contributed by atoms with Crippen LogP contribution in [0.15, 0.2) is 0 Å². The number of hydrogen-bond donors (Lipinski definition) is 0. The number of carbonyl (C=O) groups is 1. The summed E-state index contributed by atoms with van der Waals surface area (Å²) in [6, 6.07) is 0. The fourth-order valence-corrected chi connectivity index (χ4v) is 3.01. The monoisotopic (exact) mass is 254 g/mol. The van der Waals surface area contributed by atoms with E-state index in [1.807, 2.05) is 0 Å². The van der Waals surface area contributed by atoms with Crippen molar-refractivity contribution >= 4 is 5.97 Å². The molecule has 2 aliphatic rings. The van der Waals surface area contributed by atoms with Crippen molar-refractivity contribution in [3.05, 3.63) is 0 Å². The first-order valence-corrected chi connectivity index (χ1v) is 7.64. The second-order valence-electron chi connectivity index (χ2n) is 5.66. The predicted molar refractivity (Wildman–Crippen MR) is 70.4 cm³/mol. The van der Waals surface area contributed by atoms with Crippen LogP contribution >= 0.6 is 0 Å². The summed E-state index contributed by atoms with van der Waals surface area (Å²) in [5.41, 5.74) is 0. The second kappa shape index (κ2) is 7.13. The lowest BCUT2D eigenvalue weighted by Crippen LogP contribution is -2.31. The fourth-order valence-electron chi connectivity index (χ4n) is 3.01. The predicted octanol–water partition coefficient (Wildman–Crippen LogP) is 3.60. The van der Waals surface area contributed by atoms with Gasteiger partial charge in [0, 0.05) is 0 Å². The minimum Gasteiger partial charge on any atom is -0.460 e. The van der Waals surface area contributed by atoms with Gasteiger partial charge in [0.15, 0.2) is 0 Å². The number of fused-ring (bicyclic) bond motifs is 1. The van der Waals surface area contributed by atoms with Crippen molar-refractivity contribution in [3.63, 3.8) is 0 Å².